The number of nitriles is 1. The summed E-state index contributed by atoms with van der Waals surface area (Å²) in [5, 5.41) is 8.73. The number of halogens is 1. The van der Waals surface area contributed by atoms with E-state index in [4.69, 9.17) is 16.9 Å². The molecule has 0 aliphatic heterocycles. The first-order valence-corrected chi connectivity index (χ1v) is 4.46. The van der Waals surface area contributed by atoms with Gasteiger partial charge in [-0.1, -0.05) is 11.6 Å². The van der Waals surface area contributed by atoms with Crippen LogP contribution in [0.1, 0.15) is 13.8 Å². The van der Waals surface area contributed by atoms with Crippen LogP contribution in [-0.2, 0) is 6.54 Å². The average molecular weight is 212 g/mol. The Bertz CT molecular complexity index is 430. The van der Waals surface area contributed by atoms with E-state index >= 15 is 0 Å². The second-order valence-corrected chi connectivity index (χ2v) is 4.00. The molecule has 0 saturated carbocycles. The van der Waals surface area contributed by atoms with Crippen molar-refractivity contribution in [3.05, 3.63) is 27.9 Å². The van der Waals surface area contributed by atoms with Gasteiger partial charge in [0.05, 0.1) is 11.5 Å². The predicted molar refractivity (Wildman–Crippen MR) is 52.9 cm³/mol. The Labute approximate surface area is 86.8 Å². The highest BCUT2D eigenvalue weighted by Gasteiger charge is 2.18. The Morgan fingerprint density at radius 2 is 2.36 bits per heavy atom. The number of rotatable bonds is 2. The third kappa shape index (κ3) is 2.33. The average Bonchev–Trinajstić information content (AvgIpc) is 2.13. The van der Waals surface area contributed by atoms with Crippen LogP contribution in [0.4, 0.5) is 0 Å². The van der Waals surface area contributed by atoms with Crippen molar-refractivity contribution in [2.45, 2.75) is 20.4 Å². The molecule has 0 aliphatic carbocycles. The van der Waals surface area contributed by atoms with Gasteiger partial charge in [0, 0.05) is 18.9 Å². The van der Waals surface area contributed by atoms with Crippen molar-refractivity contribution in [2.24, 2.45) is 5.41 Å². The van der Waals surface area contributed by atoms with E-state index in [-0.39, 0.29) is 10.7 Å². The van der Waals surface area contributed by atoms with Crippen LogP contribution in [0.15, 0.2) is 17.2 Å². The van der Waals surface area contributed by atoms with Gasteiger partial charge in [0.15, 0.2) is 5.15 Å². The maximum atomic E-state index is 11.4. The third-order valence-corrected chi connectivity index (χ3v) is 2.00. The fourth-order valence-corrected chi connectivity index (χ4v) is 1.17. The molecule has 1 aromatic rings. The van der Waals surface area contributed by atoms with Gasteiger partial charge in [0.2, 0.25) is 0 Å². The number of nitrogens with zero attached hydrogens (tertiary/aromatic N) is 3. The van der Waals surface area contributed by atoms with Crippen molar-refractivity contribution >= 4 is 11.6 Å². The zero-order chi connectivity index (χ0) is 10.8. The summed E-state index contributed by atoms with van der Waals surface area (Å²) in [5.41, 5.74) is -0.952. The molecule has 0 fully saturated rings. The quantitative estimate of drug-likeness (QED) is 0.744. The fraction of sp³-hybridized carbons (Fsp3) is 0.444. The van der Waals surface area contributed by atoms with Crippen molar-refractivity contribution in [2.75, 3.05) is 0 Å². The molecule has 0 aliphatic rings. The monoisotopic (exact) mass is 211 g/mol. The second kappa shape index (κ2) is 3.81. The summed E-state index contributed by atoms with van der Waals surface area (Å²) in [6.45, 7) is 3.83. The zero-order valence-corrected chi connectivity index (χ0v) is 8.75. The maximum Gasteiger partial charge on any atom is 0.288 e. The van der Waals surface area contributed by atoms with Crippen LogP contribution in [0.25, 0.3) is 0 Å². The molecular weight excluding hydrogens is 202 g/mol. The lowest BCUT2D eigenvalue weighted by Crippen LogP contribution is -2.27. The molecule has 14 heavy (non-hydrogen) atoms. The molecule has 0 unspecified atom stereocenters. The lowest BCUT2D eigenvalue weighted by Gasteiger charge is -2.16. The van der Waals surface area contributed by atoms with Crippen LogP contribution in [0.3, 0.4) is 0 Å². The summed E-state index contributed by atoms with van der Waals surface area (Å²) < 4.78 is 1.39. The van der Waals surface area contributed by atoms with Crippen LogP contribution in [0, 0.1) is 16.7 Å². The first-order valence-electron chi connectivity index (χ1n) is 4.08. The van der Waals surface area contributed by atoms with E-state index < -0.39 is 5.41 Å². The first-order chi connectivity index (χ1) is 6.46. The Hall–Kier alpha value is -1.34. The summed E-state index contributed by atoms with van der Waals surface area (Å²) in [6, 6.07) is 2.11. The van der Waals surface area contributed by atoms with Gasteiger partial charge in [-0.05, 0) is 13.8 Å². The van der Waals surface area contributed by atoms with Gasteiger partial charge >= 0.3 is 0 Å². The summed E-state index contributed by atoms with van der Waals surface area (Å²) >= 11 is 5.56. The van der Waals surface area contributed by atoms with Gasteiger partial charge in [-0.25, -0.2) is 4.98 Å². The normalized spacial score (nSPS) is 11.0. The first kappa shape index (κ1) is 10.7. The van der Waals surface area contributed by atoms with Crippen molar-refractivity contribution in [3.63, 3.8) is 0 Å². The molecule has 0 aromatic carbocycles. The van der Waals surface area contributed by atoms with Crippen LogP contribution in [0.2, 0.25) is 5.15 Å². The van der Waals surface area contributed by atoms with Gasteiger partial charge < -0.3 is 4.57 Å². The molecular formula is C9H10ClN3O. The van der Waals surface area contributed by atoms with Gasteiger partial charge in [-0.15, -0.1) is 0 Å². The van der Waals surface area contributed by atoms with E-state index in [2.05, 4.69) is 11.1 Å². The zero-order valence-electron chi connectivity index (χ0n) is 7.99. The second-order valence-electron chi connectivity index (χ2n) is 3.65. The summed E-state index contributed by atoms with van der Waals surface area (Å²) in [4.78, 5) is 15.1. The molecule has 1 aromatic heterocycles. The van der Waals surface area contributed by atoms with Crippen molar-refractivity contribution in [1.29, 1.82) is 5.26 Å². The van der Waals surface area contributed by atoms with Crippen LogP contribution in [0.5, 0.6) is 0 Å². The standard InChI is InChI=1S/C9H10ClN3O/c1-9(2,5-11)6-13-4-3-12-7(10)8(13)14/h3-4H,6H2,1-2H3. The van der Waals surface area contributed by atoms with Crippen molar-refractivity contribution in [1.82, 2.24) is 9.55 Å². The Kier molecular flexibility index (Phi) is 2.92. The number of aromatic nitrogens is 2. The molecule has 1 heterocycles. The topological polar surface area (TPSA) is 58.7 Å². The minimum atomic E-state index is -0.589. The molecule has 0 atom stereocenters. The SMILES string of the molecule is CC(C)(C#N)Cn1ccnc(Cl)c1=O. The Balaban J connectivity index is 3.06. The molecule has 0 bridgehead atoms. The Morgan fingerprint density at radius 3 is 2.93 bits per heavy atom. The maximum absolute atomic E-state index is 11.4. The van der Waals surface area contributed by atoms with E-state index in [1.54, 1.807) is 13.8 Å². The van der Waals surface area contributed by atoms with Gasteiger partial charge in [-0.3, -0.25) is 4.79 Å². The highest BCUT2D eigenvalue weighted by molar-refractivity contribution is 6.29. The summed E-state index contributed by atoms with van der Waals surface area (Å²) in [5.74, 6) is 0. The minimum absolute atomic E-state index is 0.0683. The molecule has 0 N–H and O–H groups in total. The van der Waals surface area contributed by atoms with Crippen LogP contribution in [-0.4, -0.2) is 9.55 Å². The minimum Gasteiger partial charge on any atom is -0.310 e. The van der Waals surface area contributed by atoms with Gasteiger partial charge in [0.1, 0.15) is 0 Å². The summed E-state index contributed by atoms with van der Waals surface area (Å²) in [7, 11) is 0. The highest BCUT2D eigenvalue weighted by Crippen LogP contribution is 2.14. The molecule has 0 saturated heterocycles. The molecule has 0 spiro atoms. The van der Waals surface area contributed by atoms with Gasteiger partial charge in [-0.2, -0.15) is 5.26 Å². The fourth-order valence-electron chi connectivity index (χ4n) is 1.01. The molecule has 0 amide bonds. The largest absolute Gasteiger partial charge is 0.310 e. The van der Waals surface area contributed by atoms with E-state index in [1.807, 2.05) is 0 Å². The predicted octanol–water partition coefficient (Wildman–Crippen LogP) is 1.45. The van der Waals surface area contributed by atoms with E-state index in [9.17, 15) is 4.79 Å². The number of hydrogen-bond donors (Lipinski definition) is 0. The molecule has 5 heteroatoms. The lowest BCUT2D eigenvalue weighted by atomic mass is 9.96. The lowest BCUT2D eigenvalue weighted by molar-refractivity contribution is 0.401. The molecule has 4 nitrogen and oxygen atoms in total. The van der Waals surface area contributed by atoms with E-state index in [0.717, 1.165) is 0 Å². The van der Waals surface area contributed by atoms with E-state index in [0.29, 0.717) is 6.54 Å². The smallest absolute Gasteiger partial charge is 0.288 e. The highest BCUT2D eigenvalue weighted by atomic mass is 35.5. The van der Waals surface area contributed by atoms with Crippen LogP contribution < -0.4 is 5.56 Å². The van der Waals surface area contributed by atoms with Crippen molar-refractivity contribution in [3.8, 4) is 6.07 Å². The summed E-state index contributed by atoms with van der Waals surface area (Å²) in [6.07, 6.45) is 2.96. The van der Waals surface area contributed by atoms with Gasteiger partial charge in [0.25, 0.3) is 5.56 Å². The molecule has 0 radical (unpaired) electrons. The number of hydrogen-bond acceptors (Lipinski definition) is 3. The van der Waals surface area contributed by atoms with E-state index in [1.165, 1.54) is 17.0 Å². The third-order valence-electron chi connectivity index (χ3n) is 1.74. The van der Waals surface area contributed by atoms with Crippen molar-refractivity contribution < 1.29 is 0 Å². The Morgan fingerprint density at radius 1 is 1.71 bits per heavy atom. The van der Waals surface area contributed by atoms with Crippen LogP contribution >= 0.6 is 11.6 Å². The molecule has 1 rings (SSSR count). The molecule has 74 valence electrons.